The van der Waals surface area contributed by atoms with Crippen LogP contribution in [0, 0.1) is 0 Å². The summed E-state index contributed by atoms with van der Waals surface area (Å²) in [5.41, 5.74) is 1.22. The molecule has 1 unspecified atom stereocenters. The van der Waals surface area contributed by atoms with E-state index in [1.807, 2.05) is 42.5 Å². The van der Waals surface area contributed by atoms with Crippen molar-refractivity contribution in [1.29, 1.82) is 0 Å². The lowest BCUT2D eigenvalue weighted by Crippen LogP contribution is -2.49. The van der Waals surface area contributed by atoms with Crippen LogP contribution in [0.3, 0.4) is 0 Å². The molecule has 1 fully saturated rings. The Kier molecular flexibility index (Phi) is 4.26. The number of benzene rings is 2. The first-order valence-corrected chi connectivity index (χ1v) is 7.30. The van der Waals surface area contributed by atoms with E-state index in [0.717, 1.165) is 19.6 Å². The van der Waals surface area contributed by atoms with Gasteiger partial charge in [-0.25, -0.2) is 0 Å². The Morgan fingerprint density at radius 1 is 0.952 bits per heavy atom. The van der Waals surface area contributed by atoms with Gasteiger partial charge in [0.1, 0.15) is 0 Å². The third-order valence-corrected chi connectivity index (χ3v) is 3.65. The van der Waals surface area contributed by atoms with Gasteiger partial charge in [-0.05, 0) is 43.3 Å². The summed E-state index contributed by atoms with van der Waals surface area (Å²) in [5.74, 6) is 1.39. The number of piperazine rings is 1. The van der Waals surface area contributed by atoms with Gasteiger partial charge < -0.3 is 10.2 Å². The van der Waals surface area contributed by atoms with Crippen molar-refractivity contribution >= 4 is 5.69 Å². The minimum atomic E-state index is 0.506. The van der Waals surface area contributed by atoms with Crippen molar-refractivity contribution < 1.29 is 9.78 Å². The zero-order chi connectivity index (χ0) is 14.5. The van der Waals surface area contributed by atoms with Crippen LogP contribution in [-0.4, -0.2) is 25.7 Å². The lowest BCUT2D eigenvalue weighted by Gasteiger charge is -2.35. The SMILES string of the molecule is CC1CNCCN1c1ccc(OOc2ccccc2)cc1. The van der Waals surface area contributed by atoms with Crippen LogP contribution in [0.4, 0.5) is 5.69 Å². The number of anilines is 1. The summed E-state index contributed by atoms with van der Waals surface area (Å²) in [6.07, 6.45) is 0. The summed E-state index contributed by atoms with van der Waals surface area (Å²) in [6, 6.07) is 18.0. The molecule has 0 bridgehead atoms. The minimum Gasteiger partial charge on any atom is -0.366 e. The van der Waals surface area contributed by atoms with E-state index < -0.39 is 0 Å². The minimum absolute atomic E-state index is 0.506. The van der Waals surface area contributed by atoms with E-state index in [4.69, 9.17) is 9.78 Å². The highest BCUT2D eigenvalue weighted by molar-refractivity contribution is 5.50. The molecule has 0 amide bonds. The molecule has 1 aliphatic rings. The normalized spacial score (nSPS) is 18.3. The second kappa shape index (κ2) is 6.50. The van der Waals surface area contributed by atoms with Gasteiger partial charge in [0.25, 0.3) is 0 Å². The topological polar surface area (TPSA) is 33.7 Å². The number of para-hydroxylation sites is 1. The molecule has 1 heterocycles. The highest BCUT2D eigenvalue weighted by Crippen LogP contribution is 2.22. The van der Waals surface area contributed by atoms with Gasteiger partial charge in [-0.3, -0.25) is 9.78 Å². The van der Waals surface area contributed by atoms with Gasteiger partial charge >= 0.3 is 0 Å². The predicted octanol–water partition coefficient (Wildman–Crippen LogP) is 2.86. The van der Waals surface area contributed by atoms with Crippen molar-refractivity contribution in [3.8, 4) is 11.5 Å². The third-order valence-electron chi connectivity index (χ3n) is 3.65. The highest BCUT2D eigenvalue weighted by atomic mass is 17.2. The molecule has 2 aromatic rings. The fourth-order valence-electron chi connectivity index (χ4n) is 2.49. The van der Waals surface area contributed by atoms with Gasteiger partial charge in [0.2, 0.25) is 0 Å². The number of nitrogens with zero attached hydrogens (tertiary/aromatic N) is 1. The van der Waals surface area contributed by atoms with Crippen LogP contribution in [0.2, 0.25) is 0 Å². The first-order valence-electron chi connectivity index (χ1n) is 7.30. The Morgan fingerprint density at radius 3 is 2.29 bits per heavy atom. The largest absolute Gasteiger partial charge is 0.366 e. The van der Waals surface area contributed by atoms with Crippen LogP contribution in [0.15, 0.2) is 54.6 Å². The zero-order valence-corrected chi connectivity index (χ0v) is 12.2. The summed E-state index contributed by atoms with van der Waals surface area (Å²) in [5, 5.41) is 3.40. The average Bonchev–Trinajstić information content (AvgIpc) is 2.55. The Hall–Kier alpha value is -2.20. The summed E-state index contributed by atoms with van der Waals surface area (Å²) < 4.78 is 0. The monoisotopic (exact) mass is 284 g/mol. The van der Waals surface area contributed by atoms with Gasteiger partial charge in [-0.1, -0.05) is 18.2 Å². The molecule has 0 radical (unpaired) electrons. The second-order valence-electron chi connectivity index (χ2n) is 5.22. The smallest absolute Gasteiger partial charge is 0.178 e. The molecule has 3 rings (SSSR count). The van der Waals surface area contributed by atoms with Crippen LogP contribution in [0.1, 0.15) is 6.92 Å². The molecule has 4 nitrogen and oxygen atoms in total. The fourth-order valence-corrected chi connectivity index (χ4v) is 2.49. The number of rotatable bonds is 4. The van der Waals surface area contributed by atoms with Crippen molar-refractivity contribution in [3.05, 3.63) is 54.6 Å². The Balaban J connectivity index is 1.61. The van der Waals surface area contributed by atoms with Crippen molar-refractivity contribution in [2.75, 3.05) is 24.5 Å². The first kappa shape index (κ1) is 13.8. The lowest BCUT2D eigenvalue weighted by molar-refractivity contribution is -0.0999. The van der Waals surface area contributed by atoms with Gasteiger partial charge in [0.05, 0.1) is 0 Å². The zero-order valence-electron chi connectivity index (χ0n) is 12.2. The Morgan fingerprint density at radius 2 is 1.62 bits per heavy atom. The molecule has 1 aliphatic heterocycles. The van der Waals surface area contributed by atoms with Gasteiger partial charge in [0, 0.05) is 31.4 Å². The molecule has 1 N–H and O–H groups in total. The molecule has 1 atom stereocenters. The Labute approximate surface area is 125 Å². The number of nitrogens with one attached hydrogen (secondary N) is 1. The van der Waals surface area contributed by atoms with E-state index >= 15 is 0 Å². The number of hydrogen-bond donors (Lipinski definition) is 1. The third kappa shape index (κ3) is 3.47. The molecule has 2 aromatic carbocycles. The van der Waals surface area contributed by atoms with Crippen molar-refractivity contribution in [1.82, 2.24) is 5.32 Å². The summed E-state index contributed by atoms with van der Waals surface area (Å²) in [7, 11) is 0. The van der Waals surface area contributed by atoms with E-state index in [1.165, 1.54) is 5.69 Å². The quantitative estimate of drug-likeness (QED) is 0.691. The van der Waals surface area contributed by atoms with Crippen molar-refractivity contribution in [3.63, 3.8) is 0 Å². The van der Waals surface area contributed by atoms with Gasteiger partial charge in [-0.2, -0.15) is 0 Å². The fraction of sp³-hybridized carbons (Fsp3) is 0.294. The van der Waals surface area contributed by atoms with Gasteiger partial charge in [-0.15, -0.1) is 0 Å². The van der Waals surface area contributed by atoms with Crippen LogP contribution < -0.4 is 20.0 Å². The van der Waals surface area contributed by atoms with Crippen LogP contribution in [0.5, 0.6) is 11.5 Å². The maximum absolute atomic E-state index is 5.33. The van der Waals surface area contributed by atoms with E-state index in [1.54, 1.807) is 0 Å². The standard InChI is InChI=1S/C17H20N2O2/c1-14-13-18-11-12-19(14)15-7-9-17(10-8-15)21-20-16-5-3-2-4-6-16/h2-10,14,18H,11-13H2,1H3. The molecule has 110 valence electrons. The lowest BCUT2D eigenvalue weighted by atomic mass is 10.2. The molecule has 0 aromatic heterocycles. The van der Waals surface area contributed by atoms with Crippen LogP contribution >= 0.6 is 0 Å². The molecular formula is C17H20N2O2. The highest BCUT2D eigenvalue weighted by Gasteiger charge is 2.17. The molecule has 0 aliphatic carbocycles. The summed E-state index contributed by atoms with van der Waals surface area (Å²) in [4.78, 5) is 13.0. The maximum atomic E-state index is 5.33. The molecule has 0 saturated carbocycles. The number of hydrogen-bond acceptors (Lipinski definition) is 4. The van der Waals surface area contributed by atoms with E-state index in [9.17, 15) is 0 Å². The van der Waals surface area contributed by atoms with E-state index in [0.29, 0.717) is 17.5 Å². The molecule has 0 spiro atoms. The average molecular weight is 284 g/mol. The van der Waals surface area contributed by atoms with Crippen LogP contribution in [-0.2, 0) is 0 Å². The van der Waals surface area contributed by atoms with Crippen LogP contribution in [0.25, 0.3) is 0 Å². The van der Waals surface area contributed by atoms with Crippen molar-refractivity contribution in [2.45, 2.75) is 13.0 Å². The molecular weight excluding hydrogens is 264 g/mol. The second-order valence-corrected chi connectivity index (χ2v) is 5.22. The van der Waals surface area contributed by atoms with E-state index in [2.05, 4.69) is 29.3 Å². The maximum Gasteiger partial charge on any atom is 0.178 e. The van der Waals surface area contributed by atoms with Gasteiger partial charge in [0.15, 0.2) is 11.5 Å². The first-order chi connectivity index (χ1) is 10.3. The molecule has 1 saturated heterocycles. The van der Waals surface area contributed by atoms with Crippen molar-refractivity contribution in [2.24, 2.45) is 0 Å². The summed E-state index contributed by atoms with van der Waals surface area (Å²) in [6.45, 7) is 5.31. The van der Waals surface area contributed by atoms with E-state index in [-0.39, 0.29) is 0 Å². The summed E-state index contributed by atoms with van der Waals surface area (Å²) >= 11 is 0. The molecule has 4 heteroatoms. The Bertz CT molecular complexity index is 557. The molecule has 21 heavy (non-hydrogen) atoms. The predicted molar refractivity (Wildman–Crippen MR) is 83.8 cm³/mol.